The van der Waals surface area contributed by atoms with Crippen LogP contribution in [0.5, 0.6) is 0 Å². The van der Waals surface area contributed by atoms with Crippen LogP contribution in [-0.2, 0) is 5.41 Å². The van der Waals surface area contributed by atoms with E-state index in [-0.39, 0.29) is 21.1 Å². The Kier molecular flexibility index (Phi) is 4.02. The van der Waals surface area contributed by atoms with Crippen LogP contribution in [0.1, 0.15) is 12.5 Å². The molecule has 1 aromatic heterocycles. The van der Waals surface area contributed by atoms with E-state index in [1.165, 1.54) is 11.9 Å². The second-order valence-electron chi connectivity index (χ2n) is 6.47. The van der Waals surface area contributed by atoms with Gasteiger partial charge in [0.2, 0.25) is 0 Å². The van der Waals surface area contributed by atoms with E-state index in [1.54, 1.807) is 12.1 Å². The van der Waals surface area contributed by atoms with Gasteiger partial charge in [-0.2, -0.15) is 0 Å². The fraction of sp³-hybridized carbons (Fsp3) is 0.222. The molecule has 0 unspecified atom stereocenters. The minimum atomic E-state index is -0.604. The van der Waals surface area contributed by atoms with Crippen molar-refractivity contribution in [1.29, 1.82) is 0 Å². The maximum absolute atomic E-state index is 14.3. The third kappa shape index (κ3) is 2.82. The van der Waals surface area contributed by atoms with E-state index in [0.717, 1.165) is 24.0 Å². The Bertz CT molecular complexity index is 973. The largest absolute Gasteiger partial charge is 0.337 e. The lowest BCUT2D eigenvalue weighted by Gasteiger charge is -2.40. The van der Waals surface area contributed by atoms with Crippen LogP contribution in [0.3, 0.4) is 0 Å². The maximum Gasteiger partial charge on any atom is 0.166 e. The molecule has 4 rings (SSSR count). The molecule has 0 saturated carbocycles. The highest BCUT2D eigenvalue weighted by molar-refractivity contribution is 6.42. The number of aromatic nitrogens is 2. The highest BCUT2D eigenvalue weighted by Crippen LogP contribution is 2.34. The van der Waals surface area contributed by atoms with Crippen LogP contribution in [0.2, 0.25) is 10.0 Å². The molecule has 0 atom stereocenters. The lowest BCUT2D eigenvalue weighted by molar-refractivity contribution is 0.306. The monoisotopic (exact) mass is 376 g/mol. The van der Waals surface area contributed by atoms with E-state index >= 15 is 0 Å². The van der Waals surface area contributed by atoms with Crippen molar-refractivity contribution in [3.8, 4) is 0 Å². The fourth-order valence-corrected chi connectivity index (χ4v) is 3.30. The number of hydrogen-bond donors (Lipinski definition) is 2. The van der Waals surface area contributed by atoms with Gasteiger partial charge in [-0.05, 0) is 29.8 Å². The third-order valence-corrected chi connectivity index (χ3v) is 5.43. The number of hydrogen-bond acceptors (Lipinski definition) is 4. The van der Waals surface area contributed by atoms with Crippen LogP contribution in [0.25, 0.3) is 10.9 Å². The van der Waals surface area contributed by atoms with Gasteiger partial charge in [0.1, 0.15) is 12.1 Å². The number of benzene rings is 2. The first-order valence-corrected chi connectivity index (χ1v) is 8.60. The van der Waals surface area contributed by atoms with E-state index in [0.29, 0.717) is 5.82 Å². The number of halogens is 3. The van der Waals surface area contributed by atoms with Gasteiger partial charge in [-0.25, -0.2) is 14.4 Å². The molecule has 0 bridgehead atoms. The summed E-state index contributed by atoms with van der Waals surface area (Å²) in [5.41, 5.74) is 2.30. The van der Waals surface area contributed by atoms with Crippen molar-refractivity contribution in [2.75, 3.05) is 18.4 Å². The average molecular weight is 377 g/mol. The second kappa shape index (κ2) is 6.09. The van der Waals surface area contributed by atoms with Crippen LogP contribution in [0, 0.1) is 5.82 Å². The van der Waals surface area contributed by atoms with Crippen molar-refractivity contribution in [2.45, 2.75) is 12.3 Å². The Balaban J connectivity index is 1.79. The topological polar surface area (TPSA) is 49.8 Å². The predicted octanol–water partition coefficient (Wildman–Crippen LogP) is 4.68. The first-order chi connectivity index (χ1) is 12.0. The molecule has 3 aromatic rings. The lowest BCUT2D eigenvalue weighted by atomic mass is 9.77. The lowest BCUT2D eigenvalue weighted by Crippen LogP contribution is -2.54. The van der Waals surface area contributed by atoms with Gasteiger partial charge in [0, 0.05) is 23.9 Å². The van der Waals surface area contributed by atoms with Crippen molar-refractivity contribution in [3.05, 3.63) is 58.1 Å². The summed E-state index contributed by atoms with van der Waals surface area (Å²) in [7, 11) is 0. The number of rotatable bonds is 3. The summed E-state index contributed by atoms with van der Waals surface area (Å²) in [6.07, 6.45) is 1.45. The SMILES string of the molecule is CC1(c2ccc3ncnc(Nc4ccc(Cl)c(Cl)c4F)c3c2)CNC1. The zero-order valence-electron chi connectivity index (χ0n) is 13.4. The summed E-state index contributed by atoms with van der Waals surface area (Å²) in [4.78, 5) is 8.58. The summed E-state index contributed by atoms with van der Waals surface area (Å²) in [5.74, 6) is -0.0766. The molecular formula is C18H15Cl2FN4. The number of fused-ring (bicyclic) bond motifs is 1. The summed E-state index contributed by atoms with van der Waals surface area (Å²) in [6, 6.07) is 9.20. The molecule has 1 aliphatic rings. The summed E-state index contributed by atoms with van der Waals surface area (Å²) in [6.45, 7) is 4.06. The Hall–Kier alpha value is -1.95. The minimum absolute atomic E-state index is 0.0934. The van der Waals surface area contributed by atoms with Gasteiger partial charge in [-0.1, -0.05) is 36.2 Å². The number of nitrogens with zero attached hydrogens (tertiary/aromatic N) is 2. The predicted molar refractivity (Wildman–Crippen MR) is 99.5 cm³/mol. The quantitative estimate of drug-likeness (QED) is 0.651. The molecule has 1 fully saturated rings. The average Bonchev–Trinajstić information content (AvgIpc) is 2.60. The Morgan fingerprint density at radius 2 is 1.96 bits per heavy atom. The first-order valence-electron chi connectivity index (χ1n) is 7.84. The maximum atomic E-state index is 14.3. The normalized spacial score (nSPS) is 15.8. The van der Waals surface area contributed by atoms with Crippen LogP contribution >= 0.6 is 23.2 Å². The van der Waals surface area contributed by atoms with Crippen molar-refractivity contribution >= 4 is 45.6 Å². The first kappa shape index (κ1) is 16.5. The minimum Gasteiger partial charge on any atom is -0.337 e. The van der Waals surface area contributed by atoms with Gasteiger partial charge in [0.25, 0.3) is 0 Å². The molecule has 1 aliphatic heterocycles. The Morgan fingerprint density at radius 3 is 2.68 bits per heavy atom. The molecule has 7 heteroatoms. The molecule has 4 nitrogen and oxygen atoms in total. The Labute approximate surface area is 154 Å². The van der Waals surface area contributed by atoms with Crippen molar-refractivity contribution in [1.82, 2.24) is 15.3 Å². The van der Waals surface area contributed by atoms with E-state index in [1.807, 2.05) is 6.07 Å². The zero-order chi connectivity index (χ0) is 17.6. The highest BCUT2D eigenvalue weighted by Gasteiger charge is 2.33. The van der Waals surface area contributed by atoms with Crippen molar-refractivity contribution < 1.29 is 4.39 Å². The van der Waals surface area contributed by atoms with Gasteiger partial charge >= 0.3 is 0 Å². The summed E-state index contributed by atoms with van der Waals surface area (Å²) >= 11 is 11.7. The summed E-state index contributed by atoms with van der Waals surface area (Å²) in [5, 5.41) is 7.20. The van der Waals surface area contributed by atoms with Crippen LogP contribution in [-0.4, -0.2) is 23.1 Å². The van der Waals surface area contributed by atoms with Gasteiger partial charge in [0.05, 0.1) is 21.2 Å². The molecule has 2 heterocycles. The molecule has 0 radical (unpaired) electrons. The van der Waals surface area contributed by atoms with E-state index in [2.05, 4.69) is 39.7 Å². The van der Waals surface area contributed by atoms with E-state index in [9.17, 15) is 4.39 Å². The molecule has 2 aromatic carbocycles. The van der Waals surface area contributed by atoms with E-state index in [4.69, 9.17) is 23.2 Å². The molecule has 0 amide bonds. The number of anilines is 2. The van der Waals surface area contributed by atoms with Crippen molar-refractivity contribution in [2.24, 2.45) is 0 Å². The highest BCUT2D eigenvalue weighted by atomic mass is 35.5. The fourth-order valence-electron chi connectivity index (χ4n) is 2.99. The number of nitrogens with one attached hydrogen (secondary N) is 2. The molecular weight excluding hydrogens is 362 g/mol. The molecule has 25 heavy (non-hydrogen) atoms. The van der Waals surface area contributed by atoms with Crippen molar-refractivity contribution in [3.63, 3.8) is 0 Å². The smallest absolute Gasteiger partial charge is 0.166 e. The molecule has 2 N–H and O–H groups in total. The molecule has 0 aliphatic carbocycles. The third-order valence-electron chi connectivity index (χ3n) is 4.65. The zero-order valence-corrected chi connectivity index (χ0v) is 14.9. The second-order valence-corrected chi connectivity index (χ2v) is 7.25. The van der Waals surface area contributed by atoms with Gasteiger partial charge in [-0.3, -0.25) is 0 Å². The van der Waals surface area contributed by atoms with Crippen LogP contribution in [0.4, 0.5) is 15.9 Å². The summed E-state index contributed by atoms with van der Waals surface area (Å²) < 4.78 is 14.3. The Morgan fingerprint density at radius 1 is 1.16 bits per heavy atom. The standard InChI is InChI=1S/C18H15Cl2FN4/c1-18(7-22-8-18)10-2-4-13-11(6-10)17(24-9-23-13)25-14-5-3-12(19)15(20)16(14)21/h2-6,9,22H,7-8H2,1H3,(H,23,24,25). The molecule has 1 saturated heterocycles. The van der Waals surface area contributed by atoms with Gasteiger partial charge < -0.3 is 10.6 Å². The van der Waals surface area contributed by atoms with Crippen LogP contribution < -0.4 is 10.6 Å². The van der Waals surface area contributed by atoms with E-state index < -0.39 is 5.82 Å². The molecule has 128 valence electrons. The van der Waals surface area contributed by atoms with Gasteiger partial charge in [0.15, 0.2) is 5.82 Å². The van der Waals surface area contributed by atoms with Gasteiger partial charge in [-0.15, -0.1) is 0 Å². The van der Waals surface area contributed by atoms with Crippen LogP contribution in [0.15, 0.2) is 36.7 Å². The molecule has 0 spiro atoms.